The van der Waals surface area contributed by atoms with E-state index in [1.807, 2.05) is 0 Å². The fourth-order valence-electron chi connectivity index (χ4n) is 3.01. The molecule has 5 nitrogen and oxygen atoms in total. The van der Waals surface area contributed by atoms with E-state index in [2.05, 4.69) is 15.5 Å². The molecule has 0 unspecified atom stereocenters. The van der Waals surface area contributed by atoms with Crippen molar-refractivity contribution in [2.45, 2.75) is 11.7 Å². The summed E-state index contributed by atoms with van der Waals surface area (Å²) in [6.07, 6.45) is 0. The molecule has 0 saturated carbocycles. The van der Waals surface area contributed by atoms with Crippen molar-refractivity contribution in [1.29, 1.82) is 0 Å². The lowest BCUT2D eigenvalue weighted by atomic mass is 10.2. The zero-order chi connectivity index (χ0) is 22.5. The van der Waals surface area contributed by atoms with E-state index in [4.69, 9.17) is 11.6 Å². The SMILES string of the molecule is O=C(CSc1nnc(-c2ccccc2Cl)n1-c1ccccc1F)NCc1ccc(F)cc1. The van der Waals surface area contributed by atoms with Gasteiger partial charge in [0.05, 0.1) is 16.5 Å². The molecule has 4 rings (SSSR count). The van der Waals surface area contributed by atoms with Gasteiger partial charge in [-0.1, -0.05) is 59.8 Å². The first-order valence-electron chi connectivity index (χ1n) is 9.62. The summed E-state index contributed by atoms with van der Waals surface area (Å²) in [7, 11) is 0. The van der Waals surface area contributed by atoms with Crippen LogP contribution in [0.2, 0.25) is 5.02 Å². The van der Waals surface area contributed by atoms with E-state index in [9.17, 15) is 13.6 Å². The molecule has 0 bridgehead atoms. The maximum atomic E-state index is 14.6. The Morgan fingerprint density at radius 2 is 1.69 bits per heavy atom. The number of thioether (sulfide) groups is 1. The first-order valence-corrected chi connectivity index (χ1v) is 11.0. The third-order valence-electron chi connectivity index (χ3n) is 4.58. The van der Waals surface area contributed by atoms with Crippen LogP contribution in [0.4, 0.5) is 8.78 Å². The molecule has 1 heterocycles. The van der Waals surface area contributed by atoms with Gasteiger partial charge in [-0.2, -0.15) is 0 Å². The fourth-order valence-corrected chi connectivity index (χ4v) is 4.01. The Labute approximate surface area is 192 Å². The van der Waals surface area contributed by atoms with E-state index in [-0.39, 0.29) is 29.7 Å². The van der Waals surface area contributed by atoms with Crippen molar-refractivity contribution < 1.29 is 13.6 Å². The number of nitrogens with one attached hydrogen (secondary N) is 1. The molecule has 1 aromatic heterocycles. The van der Waals surface area contributed by atoms with Crippen molar-refractivity contribution in [3.63, 3.8) is 0 Å². The Bertz CT molecular complexity index is 1250. The number of hydrogen-bond acceptors (Lipinski definition) is 4. The average molecular weight is 471 g/mol. The summed E-state index contributed by atoms with van der Waals surface area (Å²) >= 11 is 7.46. The molecule has 9 heteroatoms. The number of amides is 1. The van der Waals surface area contributed by atoms with Crippen molar-refractivity contribution in [1.82, 2.24) is 20.1 Å². The maximum Gasteiger partial charge on any atom is 0.230 e. The molecule has 1 amide bonds. The van der Waals surface area contributed by atoms with Gasteiger partial charge in [-0.3, -0.25) is 9.36 Å². The molecular weight excluding hydrogens is 454 g/mol. The Morgan fingerprint density at radius 1 is 0.969 bits per heavy atom. The van der Waals surface area contributed by atoms with E-state index in [0.29, 0.717) is 21.6 Å². The Balaban J connectivity index is 1.56. The second-order valence-electron chi connectivity index (χ2n) is 6.76. The molecular formula is C23H17ClF2N4OS. The molecule has 0 atom stereocenters. The third kappa shape index (κ3) is 4.98. The second-order valence-corrected chi connectivity index (χ2v) is 8.11. The summed E-state index contributed by atoms with van der Waals surface area (Å²) in [5.74, 6) is -0.631. The number of rotatable bonds is 7. The minimum Gasteiger partial charge on any atom is -0.351 e. The van der Waals surface area contributed by atoms with E-state index in [1.54, 1.807) is 59.2 Å². The van der Waals surface area contributed by atoms with Gasteiger partial charge in [0.15, 0.2) is 11.0 Å². The number of aromatic nitrogens is 3. The number of carbonyl (C=O) groups is 1. The minimum absolute atomic E-state index is 0.0380. The Morgan fingerprint density at radius 3 is 2.44 bits per heavy atom. The zero-order valence-electron chi connectivity index (χ0n) is 16.6. The van der Waals surface area contributed by atoms with Gasteiger partial charge in [0.1, 0.15) is 11.6 Å². The number of para-hydroxylation sites is 1. The molecule has 0 aliphatic rings. The minimum atomic E-state index is -0.455. The van der Waals surface area contributed by atoms with E-state index in [1.165, 1.54) is 18.2 Å². The van der Waals surface area contributed by atoms with Gasteiger partial charge < -0.3 is 5.32 Å². The highest BCUT2D eigenvalue weighted by Gasteiger charge is 2.20. The van der Waals surface area contributed by atoms with Crippen molar-refractivity contribution in [2.75, 3.05) is 5.75 Å². The van der Waals surface area contributed by atoms with Crippen molar-refractivity contribution >= 4 is 29.3 Å². The van der Waals surface area contributed by atoms with Gasteiger partial charge in [-0.25, -0.2) is 8.78 Å². The zero-order valence-corrected chi connectivity index (χ0v) is 18.2. The van der Waals surface area contributed by atoms with Crippen molar-refractivity contribution in [2.24, 2.45) is 0 Å². The summed E-state index contributed by atoms with van der Waals surface area (Å²) in [6.45, 7) is 0.268. The average Bonchev–Trinajstić information content (AvgIpc) is 3.21. The van der Waals surface area contributed by atoms with E-state index in [0.717, 1.165) is 17.3 Å². The quantitative estimate of drug-likeness (QED) is 0.374. The summed E-state index contributed by atoms with van der Waals surface area (Å²) < 4.78 is 29.2. The van der Waals surface area contributed by atoms with Crippen LogP contribution in [0.5, 0.6) is 0 Å². The standard InChI is InChI=1S/C23H17ClF2N4OS/c24-18-6-2-1-5-17(18)22-28-29-23(30(22)20-8-4-3-7-19(20)26)32-14-21(31)27-13-15-9-11-16(25)12-10-15/h1-12H,13-14H2,(H,27,31). The molecule has 162 valence electrons. The monoisotopic (exact) mass is 470 g/mol. The van der Waals surface area contributed by atoms with Gasteiger partial charge in [-0.05, 0) is 42.0 Å². The summed E-state index contributed by atoms with van der Waals surface area (Å²) in [6, 6.07) is 19.2. The normalized spacial score (nSPS) is 10.8. The predicted molar refractivity (Wildman–Crippen MR) is 121 cm³/mol. The number of benzene rings is 3. The lowest BCUT2D eigenvalue weighted by Gasteiger charge is -2.12. The fraction of sp³-hybridized carbons (Fsp3) is 0.0870. The highest BCUT2D eigenvalue weighted by atomic mass is 35.5. The van der Waals surface area contributed by atoms with Crippen molar-refractivity contribution in [3.8, 4) is 17.1 Å². The van der Waals surface area contributed by atoms with Crippen molar-refractivity contribution in [3.05, 3.63) is 95.0 Å². The molecule has 1 N–H and O–H groups in total. The first kappa shape index (κ1) is 22.0. The molecule has 0 aliphatic carbocycles. The predicted octanol–water partition coefficient (Wildman–Crippen LogP) is 5.27. The van der Waals surface area contributed by atoms with Crippen LogP contribution < -0.4 is 5.32 Å². The van der Waals surface area contributed by atoms with Gasteiger partial charge in [-0.15, -0.1) is 10.2 Å². The lowest BCUT2D eigenvalue weighted by molar-refractivity contribution is -0.118. The number of nitrogens with zero attached hydrogens (tertiary/aromatic N) is 3. The van der Waals surface area contributed by atoms with Crippen LogP contribution >= 0.6 is 23.4 Å². The first-order chi connectivity index (χ1) is 15.5. The summed E-state index contributed by atoms with van der Waals surface area (Å²) in [5, 5.41) is 12.0. The van der Waals surface area contributed by atoms with Crippen LogP contribution in [0.3, 0.4) is 0 Å². The molecule has 4 aromatic rings. The largest absolute Gasteiger partial charge is 0.351 e. The van der Waals surface area contributed by atoms with Gasteiger partial charge in [0, 0.05) is 12.1 Å². The smallest absolute Gasteiger partial charge is 0.230 e. The van der Waals surface area contributed by atoms with E-state index < -0.39 is 5.82 Å². The number of halogens is 3. The molecule has 0 spiro atoms. The van der Waals surface area contributed by atoms with Crippen LogP contribution in [0, 0.1) is 11.6 Å². The van der Waals surface area contributed by atoms with Crippen LogP contribution in [0.1, 0.15) is 5.56 Å². The molecule has 0 radical (unpaired) electrons. The molecule has 3 aromatic carbocycles. The van der Waals surface area contributed by atoms with Crippen LogP contribution in [-0.2, 0) is 11.3 Å². The summed E-state index contributed by atoms with van der Waals surface area (Å²) in [5.41, 5.74) is 1.62. The van der Waals surface area contributed by atoms with Gasteiger partial charge in [0.25, 0.3) is 0 Å². The van der Waals surface area contributed by atoms with E-state index >= 15 is 0 Å². The maximum absolute atomic E-state index is 14.6. The molecule has 32 heavy (non-hydrogen) atoms. The molecule has 0 aliphatic heterocycles. The Hall–Kier alpha value is -3.23. The highest BCUT2D eigenvalue weighted by molar-refractivity contribution is 7.99. The van der Waals surface area contributed by atoms with Crippen LogP contribution in [-0.4, -0.2) is 26.4 Å². The number of carbonyl (C=O) groups excluding carboxylic acids is 1. The van der Waals surface area contributed by atoms with Gasteiger partial charge in [0.2, 0.25) is 5.91 Å². The van der Waals surface area contributed by atoms with Gasteiger partial charge >= 0.3 is 0 Å². The third-order valence-corrected chi connectivity index (χ3v) is 5.84. The highest BCUT2D eigenvalue weighted by Crippen LogP contribution is 2.32. The number of hydrogen-bond donors (Lipinski definition) is 1. The second kappa shape index (κ2) is 9.93. The van der Waals surface area contributed by atoms with Crippen LogP contribution in [0.25, 0.3) is 17.1 Å². The summed E-state index contributed by atoms with van der Waals surface area (Å²) in [4.78, 5) is 12.3. The molecule has 0 saturated heterocycles. The molecule has 0 fully saturated rings. The van der Waals surface area contributed by atoms with Crippen LogP contribution in [0.15, 0.2) is 78.0 Å². The Kier molecular flexibility index (Phi) is 6.82. The lowest BCUT2D eigenvalue weighted by Crippen LogP contribution is -2.24. The topological polar surface area (TPSA) is 59.8 Å².